The summed E-state index contributed by atoms with van der Waals surface area (Å²) in [5, 5.41) is 0. The monoisotopic (exact) mass is 383 g/mol. The van der Waals surface area contributed by atoms with E-state index in [2.05, 4.69) is 34.1 Å². The summed E-state index contributed by atoms with van der Waals surface area (Å²) in [5.74, 6) is -0.174. The van der Waals surface area contributed by atoms with Gasteiger partial charge in [0.15, 0.2) is 0 Å². The highest BCUT2D eigenvalue weighted by Gasteiger charge is 2.28. The number of nitrogens with zero attached hydrogens (tertiary/aromatic N) is 3. The molecule has 2 aromatic carbocycles. The van der Waals surface area contributed by atoms with Crippen LogP contribution in [-0.4, -0.2) is 44.0 Å². The second-order valence-corrected chi connectivity index (χ2v) is 7.66. The lowest BCUT2D eigenvalue weighted by Gasteiger charge is -2.38. The molecule has 5 heteroatoms. The zero-order valence-corrected chi connectivity index (χ0v) is 17.1. The van der Waals surface area contributed by atoms with Crippen LogP contribution in [0.1, 0.15) is 31.7 Å². The van der Waals surface area contributed by atoms with Crippen molar-refractivity contribution in [2.75, 3.05) is 37.0 Å². The topological polar surface area (TPSA) is 26.8 Å². The Labute approximate surface area is 167 Å². The Balaban J connectivity index is 1.62. The van der Waals surface area contributed by atoms with Crippen molar-refractivity contribution in [1.82, 2.24) is 4.90 Å². The Morgan fingerprint density at radius 2 is 1.57 bits per heavy atom. The van der Waals surface area contributed by atoms with Crippen LogP contribution in [0.5, 0.6) is 0 Å². The maximum atomic E-state index is 13.3. The predicted molar refractivity (Wildman–Crippen MR) is 113 cm³/mol. The van der Waals surface area contributed by atoms with E-state index in [9.17, 15) is 9.18 Å². The number of hydrogen-bond acceptors (Lipinski definition) is 3. The summed E-state index contributed by atoms with van der Waals surface area (Å²) >= 11 is 0. The third-order valence-corrected chi connectivity index (χ3v) is 5.46. The fraction of sp³-hybridized carbons (Fsp3) is 0.435. The van der Waals surface area contributed by atoms with Gasteiger partial charge in [0.05, 0.1) is 0 Å². The lowest BCUT2D eigenvalue weighted by Crippen LogP contribution is -2.47. The first-order chi connectivity index (χ1) is 13.5. The highest BCUT2D eigenvalue weighted by molar-refractivity contribution is 5.93. The fourth-order valence-corrected chi connectivity index (χ4v) is 3.82. The van der Waals surface area contributed by atoms with Gasteiger partial charge in [-0.3, -0.25) is 9.69 Å². The molecule has 0 unspecified atom stereocenters. The molecule has 4 nitrogen and oxygen atoms in total. The number of halogens is 1. The Kier molecular flexibility index (Phi) is 6.68. The van der Waals surface area contributed by atoms with Gasteiger partial charge < -0.3 is 9.80 Å². The molecule has 0 saturated carbocycles. The molecule has 1 fully saturated rings. The average Bonchev–Trinajstić information content (AvgIpc) is 2.71. The number of benzene rings is 2. The van der Waals surface area contributed by atoms with E-state index in [1.807, 2.05) is 25.9 Å². The van der Waals surface area contributed by atoms with E-state index in [0.717, 1.165) is 38.2 Å². The molecular formula is C23H30FN3O. The molecule has 0 spiro atoms. The van der Waals surface area contributed by atoms with Gasteiger partial charge in [-0.1, -0.05) is 19.1 Å². The largest absolute Gasteiger partial charge is 0.378 e. The first-order valence-corrected chi connectivity index (χ1v) is 10.0. The fourth-order valence-electron chi connectivity index (χ4n) is 3.82. The maximum Gasteiger partial charge on any atom is 0.226 e. The molecule has 1 aliphatic heterocycles. The van der Waals surface area contributed by atoms with E-state index in [1.165, 1.54) is 23.4 Å². The quantitative estimate of drug-likeness (QED) is 0.744. The van der Waals surface area contributed by atoms with Crippen molar-refractivity contribution in [2.45, 2.75) is 38.8 Å². The van der Waals surface area contributed by atoms with Crippen LogP contribution in [0.25, 0.3) is 0 Å². The summed E-state index contributed by atoms with van der Waals surface area (Å²) in [6, 6.07) is 15.1. The SMILES string of the molecule is CCC(=O)N(c1ccc(F)cc1)C1CCN(Cc2ccc(N(C)C)cc2)CC1. The van der Waals surface area contributed by atoms with Crippen LogP contribution in [-0.2, 0) is 11.3 Å². The molecular weight excluding hydrogens is 353 g/mol. The smallest absolute Gasteiger partial charge is 0.226 e. The van der Waals surface area contributed by atoms with Gasteiger partial charge in [-0.25, -0.2) is 4.39 Å². The molecule has 0 N–H and O–H groups in total. The van der Waals surface area contributed by atoms with Gasteiger partial charge in [-0.05, 0) is 54.8 Å². The van der Waals surface area contributed by atoms with Crippen molar-refractivity contribution in [1.29, 1.82) is 0 Å². The van der Waals surface area contributed by atoms with Crippen LogP contribution in [0.15, 0.2) is 48.5 Å². The molecule has 0 radical (unpaired) electrons. The summed E-state index contributed by atoms with van der Waals surface area (Å²) in [6.07, 6.45) is 2.31. The van der Waals surface area contributed by atoms with Crippen molar-refractivity contribution in [3.05, 3.63) is 59.9 Å². The summed E-state index contributed by atoms with van der Waals surface area (Å²) < 4.78 is 13.3. The molecule has 150 valence electrons. The Bertz CT molecular complexity index is 765. The first kappa shape index (κ1) is 20.3. The van der Waals surface area contributed by atoms with E-state index >= 15 is 0 Å². The normalized spacial score (nSPS) is 15.4. The van der Waals surface area contributed by atoms with E-state index in [-0.39, 0.29) is 17.8 Å². The molecule has 28 heavy (non-hydrogen) atoms. The molecule has 1 saturated heterocycles. The number of amides is 1. The molecule has 1 aliphatic rings. The van der Waals surface area contributed by atoms with Crippen LogP contribution < -0.4 is 9.80 Å². The van der Waals surface area contributed by atoms with Crippen LogP contribution in [0.4, 0.5) is 15.8 Å². The van der Waals surface area contributed by atoms with E-state index in [0.29, 0.717) is 6.42 Å². The van der Waals surface area contributed by atoms with E-state index in [4.69, 9.17) is 0 Å². The molecule has 0 aliphatic carbocycles. The highest BCUT2D eigenvalue weighted by atomic mass is 19.1. The van der Waals surface area contributed by atoms with Gasteiger partial charge in [0.2, 0.25) is 5.91 Å². The van der Waals surface area contributed by atoms with Gasteiger partial charge in [-0.15, -0.1) is 0 Å². The summed E-state index contributed by atoms with van der Waals surface area (Å²) in [7, 11) is 4.09. The zero-order valence-electron chi connectivity index (χ0n) is 17.1. The zero-order chi connectivity index (χ0) is 20.1. The van der Waals surface area contributed by atoms with Gasteiger partial charge >= 0.3 is 0 Å². The minimum atomic E-state index is -0.275. The maximum absolute atomic E-state index is 13.3. The predicted octanol–water partition coefficient (Wildman–Crippen LogP) is 4.30. The second kappa shape index (κ2) is 9.20. The average molecular weight is 384 g/mol. The van der Waals surface area contributed by atoms with Crippen LogP contribution >= 0.6 is 0 Å². The number of piperidine rings is 1. The van der Waals surface area contributed by atoms with Crippen molar-refractivity contribution in [2.24, 2.45) is 0 Å². The lowest BCUT2D eigenvalue weighted by atomic mass is 10.0. The highest BCUT2D eigenvalue weighted by Crippen LogP contribution is 2.26. The van der Waals surface area contributed by atoms with Crippen molar-refractivity contribution in [3.63, 3.8) is 0 Å². The number of rotatable bonds is 6. The number of carbonyl (C=O) groups is 1. The summed E-state index contributed by atoms with van der Waals surface area (Å²) in [6.45, 7) is 4.72. The third-order valence-electron chi connectivity index (χ3n) is 5.46. The Morgan fingerprint density at radius 3 is 2.11 bits per heavy atom. The van der Waals surface area contributed by atoms with Gasteiger partial charge in [-0.2, -0.15) is 0 Å². The second-order valence-electron chi connectivity index (χ2n) is 7.66. The number of carbonyl (C=O) groups excluding carboxylic acids is 1. The van der Waals surface area contributed by atoms with Gasteiger partial charge in [0.1, 0.15) is 5.82 Å². The number of anilines is 2. The van der Waals surface area contributed by atoms with Crippen molar-refractivity contribution in [3.8, 4) is 0 Å². The minimum absolute atomic E-state index is 0.101. The molecule has 0 bridgehead atoms. The first-order valence-electron chi connectivity index (χ1n) is 10.0. The minimum Gasteiger partial charge on any atom is -0.378 e. The summed E-state index contributed by atoms with van der Waals surface area (Å²) in [4.78, 5) is 19.0. The molecule has 1 amide bonds. The number of likely N-dealkylation sites (tertiary alicyclic amines) is 1. The number of hydrogen-bond donors (Lipinski definition) is 0. The molecule has 1 heterocycles. The van der Waals surface area contributed by atoms with Gasteiger partial charge in [0, 0.05) is 57.6 Å². The van der Waals surface area contributed by atoms with Crippen LogP contribution in [0.3, 0.4) is 0 Å². The lowest BCUT2D eigenvalue weighted by molar-refractivity contribution is -0.119. The van der Waals surface area contributed by atoms with Crippen LogP contribution in [0, 0.1) is 5.82 Å². The molecule has 3 rings (SSSR count). The Morgan fingerprint density at radius 1 is 1.00 bits per heavy atom. The molecule has 2 aromatic rings. The molecule has 0 atom stereocenters. The Hall–Kier alpha value is -2.40. The standard InChI is InChI=1S/C23H30FN3O/c1-4-23(28)27(21-11-7-19(24)8-12-21)22-13-15-26(16-14-22)17-18-5-9-20(10-6-18)25(2)3/h5-12,22H,4,13-17H2,1-3H3. The third kappa shape index (κ3) is 4.90. The van der Waals surface area contributed by atoms with E-state index in [1.54, 1.807) is 12.1 Å². The van der Waals surface area contributed by atoms with Crippen LogP contribution in [0.2, 0.25) is 0 Å². The van der Waals surface area contributed by atoms with Gasteiger partial charge in [0.25, 0.3) is 0 Å². The summed E-state index contributed by atoms with van der Waals surface area (Å²) in [5.41, 5.74) is 3.31. The van der Waals surface area contributed by atoms with Crippen molar-refractivity contribution >= 4 is 17.3 Å². The molecule has 0 aromatic heterocycles. The van der Waals surface area contributed by atoms with E-state index < -0.39 is 0 Å². The van der Waals surface area contributed by atoms with Crippen molar-refractivity contribution < 1.29 is 9.18 Å².